The van der Waals surface area contributed by atoms with Gasteiger partial charge in [-0.25, -0.2) is 14.6 Å². The van der Waals surface area contributed by atoms with E-state index in [-0.39, 0.29) is 11.7 Å². The van der Waals surface area contributed by atoms with Gasteiger partial charge in [0, 0.05) is 0 Å². The molecule has 0 bridgehead atoms. The first kappa shape index (κ1) is 19.2. The van der Waals surface area contributed by atoms with Gasteiger partial charge in [0.05, 0.1) is 40.8 Å². The molecule has 0 radical (unpaired) electrons. The summed E-state index contributed by atoms with van der Waals surface area (Å²) in [4.78, 5) is 21.0. The molecule has 0 aliphatic heterocycles. The van der Waals surface area contributed by atoms with Gasteiger partial charge in [0.25, 0.3) is 0 Å². The third-order valence-corrected chi connectivity index (χ3v) is 5.47. The highest BCUT2D eigenvalue weighted by atomic mass is 35.5. The van der Waals surface area contributed by atoms with Crippen LogP contribution >= 0.6 is 23.4 Å². The number of fused-ring (bicyclic) bond motifs is 1. The zero-order valence-corrected chi connectivity index (χ0v) is 16.9. The molecule has 0 aliphatic rings. The number of methoxy groups -OCH3 is 1. The van der Waals surface area contributed by atoms with Gasteiger partial charge in [-0.05, 0) is 36.4 Å². The van der Waals surface area contributed by atoms with E-state index in [1.165, 1.54) is 18.1 Å². The quantitative estimate of drug-likeness (QED) is 0.368. The van der Waals surface area contributed by atoms with Crippen LogP contribution in [0.3, 0.4) is 0 Å². The lowest BCUT2D eigenvalue weighted by molar-refractivity contribution is -0.113. The summed E-state index contributed by atoms with van der Waals surface area (Å²) >= 11 is 7.40. The number of amides is 1. The molecule has 7 nitrogen and oxygen atoms in total. The second kappa shape index (κ2) is 8.50. The van der Waals surface area contributed by atoms with E-state index in [9.17, 15) is 4.79 Å². The Bertz CT molecular complexity index is 1160. The number of anilines is 1. The lowest BCUT2D eigenvalue weighted by atomic mass is 10.3. The average molecular weight is 426 g/mol. The lowest BCUT2D eigenvalue weighted by Gasteiger charge is -2.07. The first-order valence-corrected chi connectivity index (χ1v) is 10.0. The molecule has 1 N–H and O–H groups in total. The molecular formula is C20H16ClN5O2S. The zero-order valence-electron chi connectivity index (χ0n) is 15.4. The van der Waals surface area contributed by atoms with Crippen molar-refractivity contribution >= 4 is 46.0 Å². The Balaban J connectivity index is 1.52. The summed E-state index contributed by atoms with van der Waals surface area (Å²) < 4.78 is 6.92. The molecule has 0 unspecified atom stereocenters. The number of rotatable bonds is 6. The summed E-state index contributed by atoms with van der Waals surface area (Å²) in [7, 11) is 1.62. The molecule has 146 valence electrons. The van der Waals surface area contributed by atoms with E-state index >= 15 is 0 Å². The number of nitrogens with zero attached hydrogens (tertiary/aromatic N) is 4. The molecule has 0 aliphatic carbocycles. The van der Waals surface area contributed by atoms with Crippen LogP contribution in [0.15, 0.2) is 66.1 Å². The van der Waals surface area contributed by atoms with Crippen molar-refractivity contribution in [3.05, 3.63) is 66.1 Å². The van der Waals surface area contributed by atoms with Gasteiger partial charge in [-0.2, -0.15) is 5.10 Å². The van der Waals surface area contributed by atoms with Crippen LogP contribution in [0.25, 0.3) is 16.7 Å². The molecule has 2 aromatic carbocycles. The second-order valence-corrected chi connectivity index (χ2v) is 7.36. The van der Waals surface area contributed by atoms with E-state index in [4.69, 9.17) is 16.3 Å². The smallest absolute Gasteiger partial charge is 0.234 e. The summed E-state index contributed by atoms with van der Waals surface area (Å²) in [6, 6.07) is 14.6. The molecule has 2 aromatic heterocycles. The van der Waals surface area contributed by atoms with Gasteiger partial charge in [-0.3, -0.25) is 4.79 Å². The van der Waals surface area contributed by atoms with Crippen molar-refractivity contribution in [3.8, 4) is 11.4 Å². The first-order valence-electron chi connectivity index (χ1n) is 8.66. The van der Waals surface area contributed by atoms with E-state index in [1.807, 2.05) is 36.4 Å². The van der Waals surface area contributed by atoms with Crippen LogP contribution in [-0.2, 0) is 4.79 Å². The molecule has 0 saturated carbocycles. The Morgan fingerprint density at radius 3 is 2.72 bits per heavy atom. The third kappa shape index (κ3) is 4.18. The SMILES string of the molecule is COc1ccc(-n2ncc3c(SCC(=O)Nc4ccccc4Cl)ncnc32)cc1. The van der Waals surface area contributed by atoms with Gasteiger partial charge in [-0.1, -0.05) is 35.5 Å². The Kier molecular flexibility index (Phi) is 5.64. The number of ether oxygens (including phenoxy) is 1. The maximum atomic E-state index is 12.3. The Hall–Kier alpha value is -3.10. The number of thioether (sulfide) groups is 1. The maximum Gasteiger partial charge on any atom is 0.234 e. The van der Waals surface area contributed by atoms with Gasteiger partial charge < -0.3 is 10.1 Å². The van der Waals surface area contributed by atoms with Gasteiger partial charge in [0.2, 0.25) is 5.91 Å². The molecule has 1 amide bonds. The summed E-state index contributed by atoms with van der Waals surface area (Å²) in [5, 5.41) is 9.19. The highest BCUT2D eigenvalue weighted by molar-refractivity contribution is 8.00. The zero-order chi connectivity index (χ0) is 20.2. The lowest BCUT2D eigenvalue weighted by Crippen LogP contribution is -2.14. The number of benzene rings is 2. The van der Waals surface area contributed by atoms with Crippen molar-refractivity contribution in [2.24, 2.45) is 0 Å². The average Bonchev–Trinajstić information content (AvgIpc) is 3.19. The van der Waals surface area contributed by atoms with Gasteiger partial charge in [0.1, 0.15) is 17.1 Å². The first-order chi connectivity index (χ1) is 14.2. The van der Waals surface area contributed by atoms with E-state index in [1.54, 1.807) is 30.1 Å². The molecule has 0 atom stereocenters. The van der Waals surface area contributed by atoms with E-state index < -0.39 is 0 Å². The monoisotopic (exact) mass is 425 g/mol. The number of hydrogen-bond acceptors (Lipinski definition) is 6. The Morgan fingerprint density at radius 1 is 1.17 bits per heavy atom. The fourth-order valence-corrected chi connectivity index (χ4v) is 3.68. The fourth-order valence-electron chi connectivity index (χ4n) is 2.73. The van der Waals surface area contributed by atoms with Crippen LogP contribution in [0.1, 0.15) is 0 Å². The topological polar surface area (TPSA) is 81.9 Å². The van der Waals surface area contributed by atoms with Crippen molar-refractivity contribution in [1.82, 2.24) is 19.7 Å². The summed E-state index contributed by atoms with van der Waals surface area (Å²) in [5.74, 6) is 0.781. The summed E-state index contributed by atoms with van der Waals surface area (Å²) in [6.45, 7) is 0. The molecule has 2 heterocycles. The van der Waals surface area contributed by atoms with Crippen LogP contribution in [0.5, 0.6) is 5.75 Å². The minimum absolute atomic E-state index is 0.169. The fraction of sp³-hybridized carbons (Fsp3) is 0.100. The molecule has 0 fully saturated rings. The molecule has 29 heavy (non-hydrogen) atoms. The molecule has 9 heteroatoms. The predicted octanol–water partition coefficient (Wildman–Crippen LogP) is 4.21. The Morgan fingerprint density at radius 2 is 1.97 bits per heavy atom. The van der Waals surface area contributed by atoms with E-state index in [2.05, 4.69) is 20.4 Å². The van der Waals surface area contributed by atoms with Crippen molar-refractivity contribution in [2.45, 2.75) is 5.03 Å². The molecular weight excluding hydrogens is 410 g/mol. The van der Waals surface area contributed by atoms with Crippen molar-refractivity contribution < 1.29 is 9.53 Å². The van der Waals surface area contributed by atoms with E-state index in [0.29, 0.717) is 21.4 Å². The van der Waals surface area contributed by atoms with Crippen LogP contribution in [-0.4, -0.2) is 38.5 Å². The molecule has 0 saturated heterocycles. The van der Waals surface area contributed by atoms with Crippen molar-refractivity contribution in [3.63, 3.8) is 0 Å². The normalized spacial score (nSPS) is 10.8. The highest BCUT2D eigenvalue weighted by Crippen LogP contribution is 2.27. The van der Waals surface area contributed by atoms with Crippen LogP contribution in [0.4, 0.5) is 5.69 Å². The van der Waals surface area contributed by atoms with Crippen LogP contribution in [0.2, 0.25) is 5.02 Å². The second-order valence-electron chi connectivity index (χ2n) is 5.99. The van der Waals surface area contributed by atoms with Crippen LogP contribution in [0, 0.1) is 0 Å². The number of para-hydroxylation sites is 1. The summed E-state index contributed by atoms with van der Waals surface area (Å²) in [6.07, 6.45) is 3.17. The number of halogens is 1. The minimum Gasteiger partial charge on any atom is -0.497 e. The molecule has 0 spiro atoms. The Labute approximate surface area is 176 Å². The largest absolute Gasteiger partial charge is 0.497 e. The van der Waals surface area contributed by atoms with E-state index in [0.717, 1.165) is 16.8 Å². The summed E-state index contributed by atoms with van der Waals surface area (Å²) in [5.41, 5.74) is 2.10. The number of hydrogen-bond donors (Lipinski definition) is 1. The number of carbonyl (C=O) groups is 1. The number of nitrogens with one attached hydrogen (secondary N) is 1. The highest BCUT2D eigenvalue weighted by Gasteiger charge is 2.13. The molecule has 4 rings (SSSR count). The number of carbonyl (C=O) groups excluding carboxylic acids is 1. The van der Waals surface area contributed by atoms with Gasteiger partial charge in [0.15, 0.2) is 5.65 Å². The van der Waals surface area contributed by atoms with Crippen molar-refractivity contribution in [1.29, 1.82) is 0 Å². The van der Waals surface area contributed by atoms with Gasteiger partial charge in [-0.15, -0.1) is 0 Å². The standard InChI is InChI=1S/C20H16ClN5O2S/c1-28-14-8-6-13(7-9-14)26-19-15(10-24-26)20(23-12-22-19)29-11-18(27)25-17-5-3-2-4-16(17)21/h2-10,12H,11H2,1H3,(H,25,27). The molecule has 4 aromatic rings. The minimum atomic E-state index is -0.169. The third-order valence-electron chi connectivity index (χ3n) is 4.13. The van der Waals surface area contributed by atoms with Gasteiger partial charge >= 0.3 is 0 Å². The number of aromatic nitrogens is 4. The maximum absolute atomic E-state index is 12.3. The van der Waals surface area contributed by atoms with Crippen LogP contribution < -0.4 is 10.1 Å². The predicted molar refractivity (Wildman–Crippen MR) is 114 cm³/mol. The van der Waals surface area contributed by atoms with Crippen molar-refractivity contribution in [2.75, 3.05) is 18.2 Å².